The van der Waals surface area contributed by atoms with Crippen LogP contribution in [0.25, 0.3) is 0 Å². The van der Waals surface area contributed by atoms with Crippen LogP contribution in [0.3, 0.4) is 0 Å². The molecule has 0 amide bonds. The van der Waals surface area contributed by atoms with Gasteiger partial charge in [0.05, 0.1) is 22.2 Å². The highest BCUT2D eigenvalue weighted by molar-refractivity contribution is 9.10. The number of nitrogens with zero attached hydrogens (tertiary/aromatic N) is 1. The normalized spacial score (nSPS) is 23.0. The van der Waals surface area contributed by atoms with Crippen molar-refractivity contribution < 1.29 is 14.3 Å². The highest BCUT2D eigenvalue weighted by atomic mass is 79.9. The van der Waals surface area contributed by atoms with Crippen LogP contribution in [0.5, 0.6) is 0 Å². The van der Waals surface area contributed by atoms with Gasteiger partial charge in [-0.15, -0.1) is 0 Å². The number of ether oxygens (including phenoxy) is 2. The number of carbonyl (C=O) groups excluding carboxylic acids is 1. The average Bonchev–Trinajstić information content (AvgIpc) is 2.75. The minimum atomic E-state index is -0.417. The van der Waals surface area contributed by atoms with Crippen molar-refractivity contribution in [2.24, 2.45) is 0 Å². The van der Waals surface area contributed by atoms with Crippen LogP contribution in [-0.2, 0) is 9.47 Å². The summed E-state index contributed by atoms with van der Waals surface area (Å²) in [5.74, 6) is -0.130. The molecule has 98 valence electrons. The van der Waals surface area contributed by atoms with Gasteiger partial charge in [0.2, 0.25) is 0 Å². The molecule has 1 aromatic rings. The maximum atomic E-state index is 11.9. The summed E-state index contributed by atoms with van der Waals surface area (Å²) in [5, 5.41) is 0. The van der Waals surface area contributed by atoms with E-state index in [9.17, 15) is 4.79 Å². The van der Waals surface area contributed by atoms with Gasteiger partial charge in [0.25, 0.3) is 0 Å². The van der Waals surface area contributed by atoms with E-state index in [0.717, 1.165) is 12.8 Å². The number of hydrogen-bond donors (Lipinski definition) is 1. The summed E-state index contributed by atoms with van der Waals surface area (Å²) in [6, 6.07) is 1.49. The fraction of sp³-hybridized carbons (Fsp3) is 0.500. The van der Waals surface area contributed by atoms with Gasteiger partial charge >= 0.3 is 5.97 Å². The fourth-order valence-corrected chi connectivity index (χ4v) is 2.24. The molecule has 2 unspecified atom stereocenters. The van der Waals surface area contributed by atoms with E-state index >= 15 is 0 Å². The molecule has 2 heterocycles. The Morgan fingerprint density at radius 3 is 3.11 bits per heavy atom. The topological polar surface area (TPSA) is 74.4 Å². The van der Waals surface area contributed by atoms with E-state index < -0.39 is 5.97 Å². The van der Waals surface area contributed by atoms with Gasteiger partial charge in [-0.2, -0.15) is 0 Å². The molecule has 18 heavy (non-hydrogen) atoms. The van der Waals surface area contributed by atoms with Crippen molar-refractivity contribution in [3.63, 3.8) is 0 Å². The molecule has 0 aliphatic carbocycles. The van der Waals surface area contributed by atoms with Crippen molar-refractivity contribution in [2.45, 2.75) is 32.0 Å². The largest absolute Gasteiger partial charge is 0.459 e. The van der Waals surface area contributed by atoms with Gasteiger partial charge in [-0.25, -0.2) is 9.78 Å². The van der Waals surface area contributed by atoms with Crippen molar-refractivity contribution in [1.29, 1.82) is 0 Å². The number of rotatable bonds is 3. The van der Waals surface area contributed by atoms with Crippen LogP contribution in [0, 0.1) is 0 Å². The first-order valence-corrected chi connectivity index (χ1v) is 6.59. The van der Waals surface area contributed by atoms with Gasteiger partial charge in [0.1, 0.15) is 12.4 Å². The maximum Gasteiger partial charge on any atom is 0.339 e. The van der Waals surface area contributed by atoms with Crippen molar-refractivity contribution >= 4 is 27.7 Å². The highest BCUT2D eigenvalue weighted by Crippen LogP contribution is 2.21. The Labute approximate surface area is 114 Å². The number of hydrogen-bond acceptors (Lipinski definition) is 5. The summed E-state index contributed by atoms with van der Waals surface area (Å²) in [6.45, 7) is 2.29. The Bertz CT molecular complexity index is 453. The lowest BCUT2D eigenvalue weighted by Gasteiger charge is -2.12. The van der Waals surface area contributed by atoms with E-state index in [1.807, 2.05) is 6.92 Å². The molecule has 0 aromatic carbocycles. The standard InChI is InChI=1S/C12H15BrN2O3/c1-7-2-3-8(18-7)6-17-12(16)9-4-11(14)15-5-10(9)13/h4-5,7-8H,2-3,6H2,1H3,(H2,14,15). The van der Waals surface area contributed by atoms with Crippen molar-refractivity contribution in [2.75, 3.05) is 12.3 Å². The lowest BCUT2D eigenvalue weighted by atomic mass is 10.2. The summed E-state index contributed by atoms with van der Waals surface area (Å²) in [6.07, 6.45) is 3.67. The smallest absolute Gasteiger partial charge is 0.339 e. The van der Waals surface area contributed by atoms with Crippen LogP contribution in [-0.4, -0.2) is 29.8 Å². The van der Waals surface area contributed by atoms with Crippen LogP contribution >= 0.6 is 15.9 Å². The Balaban J connectivity index is 1.93. The molecule has 1 aliphatic rings. The second-order valence-electron chi connectivity index (χ2n) is 4.33. The van der Waals surface area contributed by atoms with E-state index in [-0.39, 0.29) is 24.6 Å². The second kappa shape index (κ2) is 5.67. The summed E-state index contributed by atoms with van der Waals surface area (Å²) in [4.78, 5) is 15.7. The van der Waals surface area contributed by atoms with E-state index in [4.69, 9.17) is 15.2 Å². The minimum absolute atomic E-state index is 0.00177. The number of aromatic nitrogens is 1. The Hall–Kier alpha value is -1.14. The zero-order valence-corrected chi connectivity index (χ0v) is 11.6. The minimum Gasteiger partial charge on any atom is -0.459 e. The molecule has 1 aromatic heterocycles. The molecule has 0 radical (unpaired) electrons. The van der Waals surface area contributed by atoms with Crippen LogP contribution in [0.4, 0.5) is 5.82 Å². The Morgan fingerprint density at radius 1 is 1.67 bits per heavy atom. The molecule has 6 heteroatoms. The first-order chi connectivity index (χ1) is 8.56. The van der Waals surface area contributed by atoms with E-state index in [1.54, 1.807) is 0 Å². The first kappa shape index (κ1) is 13.3. The number of nitrogen functional groups attached to an aromatic ring is 1. The van der Waals surface area contributed by atoms with Crippen molar-refractivity contribution in [3.8, 4) is 0 Å². The molecule has 0 spiro atoms. The Kier molecular flexibility index (Phi) is 4.19. The fourth-order valence-electron chi connectivity index (χ4n) is 1.87. The zero-order chi connectivity index (χ0) is 13.1. The number of esters is 1. The molecule has 0 saturated carbocycles. The van der Waals surface area contributed by atoms with Crippen molar-refractivity contribution in [1.82, 2.24) is 4.98 Å². The number of anilines is 1. The van der Waals surface area contributed by atoms with Gasteiger partial charge in [-0.1, -0.05) is 0 Å². The second-order valence-corrected chi connectivity index (χ2v) is 5.19. The predicted molar refractivity (Wildman–Crippen MR) is 70.2 cm³/mol. The molecule has 2 rings (SSSR count). The third kappa shape index (κ3) is 3.20. The van der Waals surface area contributed by atoms with Crippen LogP contribution in [0.1, 0.15) is 30.1 Å². The molecule has 5 nitrogen and oxygen atoms in total. The van der Waals surface area contributed by atoms with E-state index in [0.29, 0.717) is 10.0 Å². The summed E-state index contributed by atoms with van der Waals surface area (Å²) in [7, 11) is 0. The van der Waals surface area contributed by atoms with Crippen LogP contribution in [0.2, 0.25) is 0 Å². The molecule has 1 fully saturated rings. The molecule has 2 atom stereocenters. The van der Waals surface area contributed by atoms with Gasteiger partial charge < -0.3 is 15.2 Å². The molecule has 1 saturated heterocycles. The van der Waals surface area contributed by atoms with Gasteiger partial charge in [-0.05, 0) is 41.8 Å². The summed E-state index contributed by atoms with van der Waals surface area (Å²) in [5.41, 5.74) is 5.92. The van der Waals surface area contributed by atoms with E-state index in [1.165, 1.54) is 12.3 Å². The number of carbonyl (C=O) groups is 1. The van der Waals surface area contributed by atoms with Crippen LogP contribution < -0.4 is 5.73 Å². The Morgan fingerprint density at radius 2 is 2.44 bits per heavy atom. The number of pyridine rings is 1. The molecule has 0 bridgehead atoms. The quantitative estimate of drug-likeness (QED) is 0.865. The lowest BCUT2D eigenvalue weighted by Crippen LogP contribution is -2.19. The number of halogens is 1. The third-order valence-corrected chi connectivity index (χ3v) is 3.45. The molecular formula is C12H15BrN2O3. The molecule has 2 N–H and O–H groups in total. The van der Waals surface area contributed by atoms with Gasteiger partial charge in [0.15, 0.2) is 0 Å². The van der Waals surface area contributed by atoms with E-state index in [2.05, 4.69) is 20.9 Å². The SMILES string of the molecule is CC1CCC(COC(=O)c2cc(N)ncc2Br)O1. The summed E-state index contributed by atoms with van der Waals surface area (Å²) < 4.78 is 11.4. The van der Waals surface area contributed by atoms with Crippen molar-refractivity contribution in [3.05, 3.63) is 22.3 Å². The lowest BCUT2D eigenvalue weighted by molar-refractivity contribution is -0.00271. The number of nitrogens with two attached hydrogens (primary N) is 1. The molecule has 1 aliphatic heterocycles. The highest BCUT2D eigenvalue weighted by Gasteiger charge is 2.23. The molecular weight excluding hydrogens is 300 g/mol. The predicted octanol–water partition coefficient (Wildman–Crippen LogP) is 2.15. The van der Waals surface area contributed by atoms with Gasteiger partial charge in [0, 0.05) is 6.20 Å². The monoisotopic (exact) mass is 314 g/mol. The first-order valence-electron chi connectivity index (χ1n) is 5.80. The van der Waals surface area contributed by atoms with Gasteiger partial charge in [-0.3, -0.25) is 0 Å². The maximum absolute atomic E-state index is 11.9. The summed E-state index contributed by atoms with van der Waals surface area (Å²) >= 11 is 3.24. The zero-order valence-electron chi connectivity index (χ0n) is 10.1. The average molecular weight is 315 g/mol. The third-order valence-electron chi connectivity index (χ3n) is 2.82. The van der Waals surface area contributed by atoms with Crippen LogP contribution in [0.15, 0.2) is 16.7 Å².